The van der Waals surface area contributed by atoms with E-state index in [0.717, 1.165) is 10.2 Å². The van der Waals surface area contributed by atoms with Gasteiger partial charge < -0.3 is 15.0 Å². The molecule has 0 aliphatic heterocycles. The second-order valence-corrected chi connectivity index (χ2v) is 9.03. The average molecular weight is 552 g/mol. The molecule has 184 valence electrons. The van der Waals surface area contributed by atoms with Gasteiger partial charge in [0.15, 0.2) is 6.61 Å². The van der Waals surface area contributed by atoms with Crippen molar-refractivity contribution in [2.75, 3.05) is 30.9 Å². The van der Waals surface area contributed by atoms with Crippen LogP contribution in [-0.4, -0.2) is 42.5 Å². The fourth-order valence-corrected chi connectivity index (χ4v) is 3.80. The van der Waals surface area contributed by atoms with Gasteiger partial charge in [-0.2, -0.15) is 9.78 Å². The van der Waals surface area contributed by atoms with Crippen LogP contribution < -0.4 is 20.5 Å². The Balaban J connectivity index is 1.62. The van der Waals surface area contributed by atoms with E-state index in [0.29, 0.717) is 28.0 Å². The maximum Gasteiger partial charge on any atom is 0.282 e. The van der Waals surface area contributed by atoms with Crippen molar-refractivity contribution in [3.05, 3.63) is 92.7 Å². The summed E-state index contributed by atoms with van der Waals surface area (Å²) in [6, 6.07) is 16.6. The van der Waals surface area contributed by atoms with Crippen molar-refractivity contribution in [1.29, 1.82) is 0 Å². The molecule has 8 nitrogen and oxygen atoms in total. The Kier molecular flexibility index (Phi) is 7.44. The number of rotatable bonds is 7. The minimum atomic E-state index is -0.537. The first-order valence-electron chi connectivity index (χ1n) is 10.9. The zero-order chi connectivity index (χ0) is 25.8. The van der Waals surface area contributed by atoms with Crippen LogP contribution in [-0.2, 0) is 4.79 Å². The molecule has 3 aromatic carbocycles. The monoisotopic (exact) mass is 551 g/mol. The molecule has 1 N–H and O–H groups in total. The number of fused-ring (bicyclic) bond motifs is 1. The minimum Gasteiger partial charge on any atom is -0.483 e. The molecule has 0 saturated heterocycles. The van der Waals surface area contributed by atoms with E-state index < -0.39 is 11.7 Å². The van der Waals surface area contributed by atoms with Crippen LogP contribution in [0.4, 0.5) is 15.8 Å². The van der Waals surface area contributed by atoms with Gasteiger partial charge in [-0.25, -0.2) is 9.37 Å². The van der Waals surface area contributed by atoms with Crippen molar-refractivity contribution in [1.82, 2.24) is 9.66 Å². The van der Waals surface area contributed by atoms with Crippen LogP contribution in [0.25, 0.3) is 10.9 Å². The molecule has 1 aromatic heterocycles. The summed E-state index contributed by atoms with van der Waals surface area (Å²) in [6.07, 6.45) is 1.48. The van der Waals surface area contributed by atoms with Gasteiger partial charge in [0.2, 0.25) is 0 Å². The van der Waals surface area contributed by atoms with Crippen molar-refractivity contribution >= 4 is 50.3 Å². The standard InChI is InChI=1S/C26H23BrFN5O3/c1-16-30-22-11-9-18(27)12-20(22)26(35)33(16)29-14-17-8-10-19(32(2)3)13-24(17)36-15-25(34)31-23-7-5-4-6-21(23)28/h4-14H,15H2,1-3H3,(H,31,34). The lowest BCUT2D eigenvalue weighted by Crippen LogP contribution is -2.22. The third kappa shape index (κ3) is 5.60. The molecule has 10 heteroatoms. The number of anilines is 2. The number of ether oxygens (including phenoxy) is 1. The molecular formula is C26H23BrFN5O3. The summed E-state index contributed by atoms with van der Waals surface area (Å²) in [4.78, 5) is 31.8. The second-order valence-electron chi connectivity index (χ2n) is 8.12. The number of hydrogen-bond donors (Lipinski definition) is 1. The SMILES string of the molecule is Cc1nc2ccc(Br)cc2c(=O)n1N=Cc1ccc(N(C)C)cc1OCC(=O)Nc1ccccc1F. The van der Waals surface area contributed by atoms with E-state index in [1.54, 1.807) is 37.3 Å². The summed E-state index contributed by atoms with van der Waals surface area (Å²) in [5.74, 6) is -0.265. The third-order valence-electron chi connectivity index (χ3n) is 5.30. The largest absolute Gasteiger partial charge is 0.483 e. The van der Waals surface area contributed by atoms with E-state index in [2.05, 4.69) is 31.3 Å². The quantitative estimate of drug-likeness (QED) is 0.340. The van der Waals surface area contributed by atoms with Gasteiger partial charge >= 0.3 is 0 Å². The molecule has 0 spiro atoms. The van der Waals surface area contributed by atoms with Gasteiger partial charge in [0.05, 0.1) is 22.8 Å². The first-order valence-corrected chi connectivity index (χ1v) is 11.7. The third-order valence-corrected chi connectivity index (χ3v) is 5.80. The van der Waals surface area contributed by atoms with Crippen LogP contribution in [0.1, 0.15) is 11.4 Å². The summed E-state index contributed by atoms with van der Waals surface area (Å²) >= 11 is 3.38. The summed E-state index contributed by atoms with van der Waals surface area (Å²) in [7, 11) is 3.75. The van der Waals surface area contributed by atoms with Crippen molar-refractivity contribution in [2.24, 2.45) is 5.10 Å². The number of nitrogens with one attached hydrogen (secondary N) is 1. The number of carbonyl (C=O) groups excluding carboxylic acids is 1. The van der Waals surface area contributed by atoms with Gasteiger partial charge in [-0.05, 0) is 49.4 Å². The highest BCUT2D eigenvalue weighted by Gasteiger charge is 2.12. The Hall–Kier alpha value is -4.05. The number of aryl methyl sites for hydroxylation is 1. The molecule has 0 saturated carbocycles. The maximum atomic E-state index is 13.9. The molecule has 0 radical (unpaired) electrons. The number of para-hydroxylation sites is 1. The summed E-state index contributed by atoms with van der Waals surface area (Å²) in [5, 5.41) is 7.27. The summed E-state index contributed by atoms with van der Waals surface area (Å²) in [6.45, 7) is 1.34. The molecule has 0 unspecified atom stereocenters. The first-order chi connectivity index (χ1) is 17.2. The number of hydrogen-bond acceptors (Lipinski definition) is 6. The first kappa shape index (κ1) is 25.1. The highest BCUT2D eigenvalue weighted by atomic mass is 79.9. The number of nitrogens with zero attached hydrogens (tertiary/aromatic N) is 4. The van der Waals surface area contributed by atoms with Gasteiger partial charge in [0.25, 0.3) is 11.5 Å². The molecule has 1 amide bonds. The normalized spacial score (nSPS) is 11.1. The predicted octanol–water partition coefficient (Wildman–Crippen LogP) is 4.57. The lowest BCUT2D eigenvalue weighted by molar-refractivity contribution is -0.118. The van der Waals surface area contributed by atoms with Crippen molar-refractivity contribution in [3.63, 3.8) is 0 Å². The van der Waals surface area contributed by atoms with Crippen LogP contribution in [0.2, 0.25) is 0 Å². The number of benzene rings is 3. The smallest absolute Gasteiger partial charge is 0.282 e. The lowest BCUT2D eigenvalue weighted by Gasteiger charge is -2.16. The van der Waals surface area contributed by atoms with Crippen molar-refractivity contribution < 1.29 is 13.9 Å². The van der Waals surface area contributed by atoms with Crippen LogP contribution in [0.5, 0.6) is 5.75 Å². The number of halogens is 2. The van der Waals surface area contributed by atoms with Crippen LogP contribution in [0, 0.1) is 12.7 Å². The Labute approximate surface area is 215 Å². The fourth-order valence-electron chi connectivity index (χ4n) is 3.44. The van der Waals surface area contributed by atoms with E-state index in [1.165, 1.54) is 29.1 Å². The molecule has 36 heavy (non-hydrogen) atoms. The van der Waals surface area contributed by atoms with Crippen LogP contribution >= 0.6 is 15.9 Å². The Morgan fingerprint density at radius 2 is 1.97 bits per heavy atom. The zero-order valence-corrected chi connectivity index (χ0v) is 21.4. The average Bonchev–Trinajstić information content (AvgIpc) is 2.85. The van der Waals surface area contributed by atoms with Crippen LogP contribution in [0.3, 0.4) is 0 Å². The highest BCUT2D eigenvalue weighted by Crippen LogP contribution is 2.24. The highest BCUT2D eigenvalue weighted by molar-refractivity contribution is 9.10. The van der Waals surface area contributed by atoms with E-state index >= 15 is 0 Å². The molecule has 0 aliphatic rings. The Morgan fingerprint density at radius 1 is 1.19 bits per heavy atom. The molecule has 4 aromatic rings. The van der Waals surface area contributed by atoms with Gasteiger partial charge in [-0.3, -0.25) is 9.59 Å². The Morgan fingerprint density at radius 3 is 2.72 bits per heavy atom. The van der Waals surface area contributed by atoms with E-state index in [9.17, 15) is 14.0 Å². The van der Waals surface area contributed by atoms with Gasteiger partial charge in [-0.15, -0.1) is 0 Å². The summed E-state index contributed by atoms with van der Waals surface area (Å²) < 4.78 is 21.6. The predicted molar refractivity (Wildman–Crippen MR) is 143 cm³/mol. The van der Waals surface area contributed by atoms with Gasteiger partial charge in [-0.1, -0.05) is 28.1 Å². The van der Waals surface area contributed by atoms with Crippen LogP contribution in [0.15, 0.2) is 75.0 Å². The Bertz CT molecular complexity index is 1530. The zero-order valence-electron chi connectivity index (χ0n) is 19.8. The van der Waals surface area contributed by atoms with E-state index in [1.807, 2.05) is 31.1 Å². The molecular weight excluding hydrogens is 529 g/mol. The number of aromatic nitrogens is 2. The van der Waals surface area contributed by atoms with Gasteiger partial charge in [0, 0.05) is 35.9 Å². The number of carbonyl (C=O) groups is 1. The molecule has 1 heterocycles. The molecule has 0 bridgehead atoms. The van der Waals surface area contributed by atoms with Crippen molar-refractivity contribution in [3.8, 4) is 5.75 Å². The molecule has 0 atom stereocenters. The topological polar surface area (TPSA) is 88.8 Å². The van der Waals surface area contributed by atoms with Gasteiger partial charge in [0.1, 0.15) is 17.4 Å². The molecule has 0 aliphatic carbocycles. The lowest BCUT2D eigenvalue weighted by atomic mass is 10.2. The molecule has 0 fully saturated rings. The second kappa shape index (κ2) is 10.7. The number of amides is 1. The summed E-state index contributed by atoms with van der Waals surface area (Å²) in [5.41, 5.74) is 1.71. The van der Waals surface area contributed by atoms with E-state index in [-0.39, 0.29) is 17.9 Å². The molecule has 4 rings (SSSR count). The van der Waals surface area contributed by atoms with E-state index in [4.69, 9.17) is 4.74 Å². The maximum absolute atomic E-state index is 13.9. The fraction of sp³-hybridized carbons (Fsp3) is 0.154. The minimum absolute atomic E-state index is 0.0696. The van der Waals surface area contributed by atoms with Crippen molar-refractivity contribution in [2.45, 2.75) is 6.92 Å².